The second-order valence-electron chi connectivity index (χ2n) is 4.59. The Kier molecular flexibility index (Phi) is 3.16. The summed E-state index contributed by atoms with van der Waals surface area (Å²) in [6.45, 7) is 0.790. The molecule has 2 aromatic rings. The van der Waals surface area contributed by atoms with Gasteiger partial charge >= 0.3 is 0 Å². The van der Waals surface area contributed by atoms with Crippen LogP contribution in [0.5, 0.6) is 0 Å². The van der Waals surface area contributed by atoms with Crippen LogP contribution in [0.4, 0.5) is 10.1 Å². The van der Waals surface area contributed by atoms with Gasteiger partial charge in [0.15, 0.2) is 5.82 Å². The summed E-state index contributed by atoms with van der Waals surface area (Å²) in [6, 6.07) is 4.43. The number of nitrogens with two attached hydrogens (primary N) is 1. The summed E-state index contributed by atoms with van der Waals surface area (Å²) in [5.41, 5.74) is 6.05. The van der Waals surface area contributed by atoms with Crippen molar-refractivity contribution in [3.8, 4) is 11.5 Å². The Morgan fingerprint density at radius 1 is 1.42 bits per heavy atom. The summed E-state index contributed by atoms with van der Waals surface area (Å²) in [6.07, 6.45) is 2.87. The molecular weight excluding hydrogens is 249 g/mol. The van der Waals surface area contributed by atoms with Crippen LogP contribution < -0.4 is 5.73 Å². The van der Waals surface area contributed by atoms with Crippen LogP contribution in [0.1, 0.15) is 18.7 Å². The molecule has 3 rings (SSSR count). The van der Waals surface area contributed by atoms with E-state index in [-0.39, 0.29) is 11.8 Å². The molecule has 1 fully saturated rings. The SMILES string of the molecule is Nc1ccc(-c2nc(CC3CCCO3)no2)cc1F. The van der Waals surface area contributed by atoms with E-state index in [4.69, 9.17) is 15.0 Å². The quantitative estimate of drug-likeness (QED) is 0.859. The van der Waals surface area contributed by atoms with Gasteiger partial charge in [0.25, 0.3) is 5.89 Å². The summed E-state index contributed by atoms with van der Waals surface area (Å²) in [4.78, 5) is 4.25. The molecule has 0 radical (unpaired) electrons. The monoisotopic (exact) mass is 263 g/mol. The topological polar surface area (TPSA) is 74.2 Å². The van der Waals surface area contributed by atoms with Gasteiger partial charge in [-0.3, -0.25) is 0 Å². The van der Waals surface area contributed by atoms with Crippen molar-refractivity contribution in [3.05, 3.63) is 29.8 Å². The molecule has 1 aliphatic heterocycles. The fourth-order valence-electron chi connectivity index (χ4n) is 2.12. The second kappa shape index (κ2) is 4.97. The largest absolute Gasteiger partial charge is 0.396 e. The van der Waals surface area contributed by atoms with Crippen LogP contribution in [-0.2, 0) is 11.2 Å². The number of hydrogen-bond donors (Lipinski definition) is 1. The van der Waals surface area contributed by atoms with Gasteiger partial charge < -0.3 is 15.0 Å². The molecule has 1 aromatic heterocycles. The van der Waals surface area contributed by atoms with Crippen molar-refractivity contribution in [2.24, 2.45) is 0 Å². The zero-order valence-corrected chi connectivity index (χ0v) is 10.3. The van der Waals surface area contributed by atoms with Crippen LogP contribution >= 0.6 is 0 Å². The molecule has 6 heteroatoms. The van der Waals surface area contributed by atoms with Crippen LogP contribution in [-0.4, -0.2) is 22.9 Å². The average Bonchev–Trinajstić information content (AvgIpc) is 3.05. The molecule has 1 aliphatic rings. The first kappa shape index (κ1) is 12.1. The third-order valence-electron chi connectivity index (χ3n) is 3.15. The van der Waals surface area contributed by atoms with E-state index in [0.29, 0.717) is 23.7 Å². The van der Waals surface area contributed by atoms with Crippen LogP contribution in [0.25, 0.3) is 11.5 Å². The standard InChI is InChI=1S/C13H14FN3O2/c14-10-6-8(3-4-11(10)15)13-16-12(17-19-13)7-9-2-1-5-18-9/h3-4,6,9H,1-2,5,7,15H2. The Morgan fingerprint density at radius 2 is 2.32 bits per heavy atom. The lowest BCUT2D eigenvalue weighted by Crippen LogP contribution is -2.09. The Hall–Kier alpha value is -1.95. The summed E-state index contributed by atoms with van der Waals surface area (Å²) in [7, 11) is 0. The van der Waals surface area contributed by atoms with Crippen LogP contribution in [0, 0.1) is 5.82 Å². The smallest absolute Gasteiger partial charge is 0.258 e. The van der Waals surface area contributed by atoms with Crippen molar-refractivity contribution in [2.45, 2.75) is 25.4 Å². The maximum Gasteiger partial charge on any atom is 0.258 e. The number of ether oxygens (including phenoxy) is 1. The number of aromatic nitrogens is 2. The molecule has 1 aromatic carbocycles. The van der Waals surface area contributed by atoms with Crippen molar-refractivity contribution in [2.75, 3.05) is 12.3 Å². The van der Waals surface area contributed by atoms with Gasteiger partial charge in [0.05, 0.1) is 11.8 Å². The normalized spacial score (nSPS) is 18.9. The number of nitrogens with zero attached hydrogens (tertiary/aromatic N) is 2. The van der Waals surface area contributed by atoms with Gasteiger partial charge in [-0.1, -0.05) is 5.16 Å². The highest BCUT2D eigenvalue weighted by atomic mass is 19.1. The van der Waals surface area contributed by atoms with E-state index < -0.39 is 5.82 Å². The lowest BCUT2D eigenvalue weighted by molar-refractivity contribution is 0.109. The minimum Gasteiger partial charge on any atom is -0.396 e. The van der Waals surface area contributed by atoms with Gasteiger partial charge in [-0.05, 0) is 31.0 Å². The highest BCUT2D eigenvalue weighted by molar-refractivity contribution is 5.57. The zero-order valence-electron chi connectivity index (χ0n) is 10.3. The van der Waals surface area contributed by atoms with Gasteiger partial charge in [-0.2, -0.15) is 4.98 Å². The van der Waals surface area contributed by atoms with Crippen molar-refractivity contribution in [1.82, 2.24) is 10.1 Å². The predicted octanol–water partition coefficient (Wildman–Crippen LogP) is 2.18. The van der Waals surface area contributed by atoms with Crippen LogP contribution in [0.15, 0.2) is 22.7 Å². The first-order valence-corrected chi connectivity index (χ1v) is 6.22. The van der Waals surface area contributed by atoms with Crippen molar-refractivity contribution in [3.63, 3.8) is 0 Å². The Morgan fingerprint density at radius 3 is 3.05 bits per heavy atom. The third-order valence-corrected chi connectivity index (χ3v) is 3.15. The predicted molar refractivity (Wildman–Crippen MR) is 66.8 cm³/mol. The first-order chi connectivity index (χ1) is 9.22. The highest BCUT2D eigenvalue weighted by Crippen LogP contribution is 2.22. The molecule has 0 amide bonds. The molecule has 0 bridgehead atoms. The molecule has 1 saturated heterocycles. The Balaban J connectivity index is 1.78. The summed E-state index contributed by atoms with van der Waals surface area (Å²) in [5, 5.41) is 3.89. The van der Waals surface area contributed by atoms with E-state index in [1.807, 2.05) is 0 Å². The van der Waals surface area contributed by atoms with Gasteiger partial charge in [-0.15, -0.1) is 0 Å². The molecule has 100 valence electrons. The van der Waals surface area contributed by atoms with Gasteiger partial charge in [-0.25, -0.2) is 4.39 Å². The molecule has 2 N–H and O–H groups in total. The molecule has 0 saturated carbocycles. The third kappa shape index (κ3) is 2.58. The van der Waals surface area contributed by atoms with E-state index in [2.05, 4.69) is 10.1 Å². The molecule has 1 unspecified atom stereocenters. The lowest BCUT2D eigenvalue weighted by atomic mass is 10.2. The first-order valence-electron chi connectivity index (χ1n) is 6.22. The summed E-state index contributed by atoms with van der Waals surface area (Å²) >= 11 is 0. The Bertz CT molecular complexity index is 579. The van der Waals surface area contributed by atoms with E-state index in [0.717, 1.165) is 19.4 Å². The second-order valence-corrected chi connectivity index (χ2v) is 4.59. The molecule has 1 atom stereocenters. The molecular formula is C13H14FN3O2. The number of anilines is 1. The van der Waals surface area contributed by atoms with E-state index in [1.165, 1.54) is 12.1 Å². The Labute approximate surface area is 109 Å². The van der Waals surface area contributed by atoms with Gasteiger partial charge in [0.1, 0.15) is 5.82 Å². The minimum atomic E-state index is -0.489. The number of halogens is 1. The summed E-state index contributed by atoms with van der Waals surface area (Å²) in [5.74, 6) is 0.391. The minimum absolute atomic E-state index is 0.0999. The zero-order chi connectivity index (χ0) is 13.2. The number of hydrogen-bond acceptors (Lipinski definition) is 5. The van der Waals surface area contributed by atoms with Gasteiger partial charge in [0.2, 0.25) is 0 Å². The summed E-state index contributed by atoms with van der Waals surface area (Å²) < 4.78 is 24.0. The molecule has 0 aliphatic carbocycles. The fourth-order valence-corrected chi connectivity index (χ4v) is 2.12. The molecule has 2 heterocycles. The number of nitrogen functional groups attached to an aromatic ring is 1. The molecule has 0 spiro atoms. The van der Waals surface area contributed by atoms with E-state index in [9.17, 15) is 4.39 Å². The van der Waals surface area contributed by atoms with Crippen molar-refractivity contribution in [1.29, 1.82) is 0 Å². The van der Waals surface area contributed by atoms with Crippen molar-refractivity contribution >= 4 is 5.69 Å². The van der Waals surface area contributed by atoms with E-state index >= 15 is 0 Å². The molecule has 5 nitrogen and oxygen atoms in total. The van der Waals surface area contributed by atoms with Gasteiger partial charge in [0, 0.05) is 18.6 Å². The highest BCUT2D eigenvalue weighted by Gasteiger charge is 2.19. The maximum absolute atomic E-state index is 13.4. The maximum atomic E-state index is 13.4. The average molecular weight is 263 g/mol. The lowest BCUT2D eigenvalue weighted by Gasteiger charge is -2.03. The van der Waals surface area contributed by atoms with Crippen LogP contribution in [0.2, 0.25) is 0 Å². The molecule has 19 heavy (non-hydrogen) atoms. The number of benzene rings is 1. The fraction of sp³-hybridized carbons (Fsp3) is 0.385. The number of rotatable bonds is 3. The van der Waals surface area contributed by atoms with Crippen molar-refractivity contribution < 1.29 is 13.7 Å². The van der Waals surface area contributed by atoms with E-state index in [1.54, 1.807) is 6.07 Å². The van der Waals surface area contributed by atoms with Crippen LogP contribution in [0.3, 0.4) is 0 Å².